The van der Waals surface area contributed by atoms with Crippen LogP contribution in [0.3, 0.4) is 0 Å². The molecule has 0 spiro atoms. The molecule has 0 amide bonds. The van der Waals surface area contributed by atoms with Crippen LogP contribution in [-0.4, -0.2) is 26.9 Å². The lowest BCUT2D eigenvalue weighted by Gasteiger charge is -2.18. The van der Waals surface area contributed by atoms with Crippen molar-refractivity contribution in [3.8, 4) is 0 Å². The molecule has 0 aliphatic carbocycles. The smallest absolute Gasteiger partial charge is 0.326 e. The summed E-state index contributed by atoms with van der Waals surface area (Å²) in [5.41, 5.74) is 1.71. The fourth-order valence-electron chi connectivity index (χ4n) is 1.60. The van der Waals surface area contributed by atoms with Crippen molar-refractivity contribution >= 4 is 11.7 Å². The van der Waals surface area contributed by atoms with Gasteiger partial charge < -0.3 is 10.4 Å². The second-order valence-electron chi connectivity index (χ2n) is 4.22. The maximum absolute atomic E-state index is 11.1. The van der Waals surface area contributed by atoms with Gasteiger partial charge in [0.2, 0.25) is 0 Å². The Labute approximate surface area is 95.5 Å². The summed E-state index contributed by atoms with van der Waals surface area (Å²) in [4.78, 5) is 11.1. The van der Waals surface area contributed by atoms with Crippen molar-refractivity contribution in [1.29, 1.82) is 0 Å². The molecule has 1 aromatic heterocycles. The van der Waals surface area contributed by atoms with Gasteiger partial charge in [-0.05, 0) is 12.3 Å². The number of nitrogens with zero attached hydrogens (tertiary/aromatic N) is 2. The molecule has 2 N–H and O–H groups in total. The molecule has 1 unspecified atom stereocenters. The Balaban J connectivity index is 2.88. The van der Waals surface area contributed by atoms with Crippen molar-refractivity contribution in [1.82, 2.24) is 9.78 Å². The van der Waals surface area contributed by atoms with Crippen molar-refractivity contribution in [2.45, 2.75) is 33.2 Å². The Morgan fingerprint density at radius 3 is 2.69 bits per heavy atom. The fraction of sp³-hybridized carbons (Fsp3) is 0.636. The first-order valence-electron chi connectivity index (χ1n) is 5.47. The molecule has 0 aliphatic rings. The van der Waals surface area contributed by atoms with Crippen molar-refractivity contribution in [2.24, 2.45) is 13.0 Å². The van der Waals surface area contributed by atoms with Gasteiger partial charge >= 0.3 is 5.97 Å². The zero-order valence-corrected chi connectivity index (χ0v) is 10.2. The third-order valence-corrected chi connectivity index (χ3v) is 2.48. The Hall–Kier alpha value is -1.52. The van der Waals surface area contributed by atoms with Crippen LogP contribution in [0.1, 0.15) is 26.5 Å². The minimum atomic E-state index is -0.832. The summed E-state index contributed by atoms with van der Waals surface area (Å²) in [7, 11) is 1.83. The molecule has 0 radical (unpaired) electrons. The molecule has 5 nitrogen and oxygen atoms in total. The van der Waals surface area contributed by atoms with E-state index in [-0.39, 0.29) is 5.92 Å². The minimum Gasteiger partial charge on any atom is -0.480 e. The van der Waals surface area contributed by atoms with Crippen LogP contribution in [0.5, 0.6) is 0 Å². The molecule has 16 heavy (non-hydrogen) atoms. The lowest BCUT2D eigenvalue weighted by atomic mass is 10.0. The number of aromatic nitrogens is 2. The predicted octanol–water partition coefficient (Wildman–Crippen LogP) is 1.50. The number of aryl methyl sites for hydroxylation is 2. The van der Waals surface area contributed by atoms with Crippen LogP contribution in [0, 0.1) is 5.92 Å². The van der Waals surface area contributed by atoms with Crippen LogP contribution in [0.2, 0.25) is 0 Å². The van der Waals surface area contributed by atoms with Crippen LogP contribution in [0.25, 0.3) is 0 Å². The second kappa shape index (κ2) is 5.01. The molecule has 1 aromatic rings. The van der Waals surface area contributed by atoms with E-state index >= 15 is 0 Å². The largest absolute Gasteiger partial charge is 0.480 e. The SMILES string of the molecule is CCc1nn(C)cc1NC(C(=O)O)C(C)C. The van der Waals surface area contributed by atoms with E-state index in [1.54, 1.807) is 4.68 Å². The summed E-state index contributed by atoms with van der Waals surface area (Å²) >= 11 is 0. The number of anilines is 1. The van der Waals surface area contributed by atoms with Crippen LogP contribution < -0.4 is 5.32 Å². The summed E-state index contributed by atoms with van der Waals surface area (Å²) < 4.78 is 1.69. The topological polar surface area (TPSA) is 67.2 Å². The van der Waals surface area contributed by atoms with Crippen molar-refractivity contribution in [2.75, 3.05) is 5.32 Å². The number of rotatable bonds is 5. The summed E-state index contributed by atoms with van der Waals surface area (Å²) in [6.45, 7) is 5.76. The van der Waals surface area contributed by atoms with Crippen molar-refractivity contribution < 1.29 is 9.90 Å². The molecular formula is C11H19N3O2. The standard InChI is InChI=1S/C11H19N3O2/c1-5-8-9(6-14(4)13-8)12-10(7(2)3)11(15)16/h6-7,10,12H,5H2,1-4H3,(H,15,16). The first-order chi connectivity index (χ1) is 7.45. The van der Waals surface area contributed by atoms with Gasteiger partial charge in [-0.1, -0.05) is 20.8 Å². The summed E-state index contributed by atoms with van der Waals surface area (Å²) in [6, 6.07) is -0.575. The van der Waals surface area contributed by atoms with E-state index in [9.17, 15) is 4.79 Å². The Morgan fingerprint density at radius 1 is 1.62 bits per heavy atom. The molecule has 0 aromatic carbocycles. The maximum Gasteiger partial charge on any atom is 0.326 e. The molecular weight excluding hydrogens is 206 g/mol. The molecule has 5 heteroatoms. The highest BCUT2D eigenvalue weighted by Crippen LogP contribution is 2.17. The zero-order valence-electron chi connectivity index (χ0n) is 10.2. The van der Waals surface area contributed by atoms with E-state index in [1.165, 1.54) is 0 Å². The lowest BCUT2D eigenvalue weighted by Crippen LogP contribution is -2.34. The van der Waals surface area contributed by atoms with Gasteiger partial charge in [0.05, 0.1) is 11.4 Å². The minimum absolute atomic E-state index is 0.0300. The van der Waals surface area contributed by atoms with E-state index in [1.807, 2.05) is 34.0 Å². The normalized spacial score (nSPS) is 12.8. The number of hydrogen-bond acceptors (Lipinski definition) is 3. The van der Waals surface area contributed by atoms with Gasteiger partial charge in [0.15, 0.2) is 0 Å². The van der Waals surface area contributed by atoms with Gasteiger partial charge in [0.25, 0.3) is 0 Å². The van der Waals surface area contributed by atoms with Gasteiger partial charge in [-0.3, -0.25) is 4.68 Å². The summed E-state index contributed by atoms with van der Waals surface area (Å²) in [5.74, 6) is -0.802. The van der Waals surface area contributed by atoms with Gasteiger partial charge in [-0.25, -0.2) is 4.79 Å². The third kappa shape index (κ3) is 2.74. The number of nitrogens with one attached hydrogen (secondary N) is 1. The molecule has 1 atom stereocenters. The van der Waals surface area contributed by atoms with Crippen LogP contribution >= 0.6 is 0 Å². The number of carbonyl (C=O) groups is 1. The van der Waals surface area contributed by atoms with Crippen molar-refractivity contribution in [3.05, 3.63) is 11.9 Å². The quantitative estimate of drug-likeness (QED) is 0.797. The Morgan fingerprint density at radius 2 is 2.25 bits per heavy atom. The second-order valence-corrected chi connectivity index (χ2v) is 4.22. The highest BCUT2D eigenvalue weighted by atomic mass is 16.4. The number of hydrogen-bond donors (Lipinski definition) is 2. The molecule has 0 saturated heterocycles. The Bertz CT molecular complexity index is 371. The number of aliphatic carboxylic acids is 1. The first-order valence-corrected chi connectivity index (χ1v) is 5.47. The summed E-state index contributed by atoms with van der Waals surface area (Å²) in [5, 5.41) is 16.4. The molecule has 0 aliphatic heterocycles. The Kier molecular flexibility index (Phi) is 3.93. The molecule has 0 saturated carbocycles. The number of carboxylic acids is 1. The van der Waals surface area contributed by atoms with Gasteiger partial charge in [0.1, 0.15) is 6.04 Å². The number of carboxylic acid groups (broad SMARTS) is 1. The fourth-order valence-corrected chi connectivity index (χ4v) is 1.60. The molecule has 0 fully saturated rings. The maximum atomic E-state index is 11.1. The highest BCUT2D eigenvalue weighted by Gasteiger charge is 2.22. The van der Waals surface area contributed by atoms with E-state index in [4.69, 9.17) is 5.11 Å². The first kappa shape index (κ1) is 12.5. The molecule has 0 bridgehead atoms. The lowest BCUT2D eigenvalue weighted by molar-refractivity contribution is -0.138. The predicted molar refractivity (Wildman–Crippen MR) is 62.5 cm³/mol. The van der Waals surface area contributed by atoms with Crippen molar-refractivity contribution in [3.63, 3.8) is 0 Å². The molecule has 1 heterocycles. The average Bonchev–Trinajstić information content (AvgIpc) is 2.54. The molecule has 1 rings (SSSR count). The van der Waals surface area contributed by atoms with Crippen LogP contribution in [-0.2, 0) is 18.3 Å². The third-order valence-electron chi connectivity index (χ3n) is 2.48. The van der Waals surface area contributed by atoms with E-state index in [2.05, 4.69) is 10.4 Å². The average molecular weight is 225 g/mol. The van der Waals surface area contributed by atoms with Crippen LogP contribution in [0.4, 0.5) is 5.69 Å². The van der Waals surface area contributed by atoms with E-state index < -0.39 is 12.0 Å². The monoisotopic (exact) mass is 225 g/mol. The van der Waals surface area contributed by atoms with Crippen LogP contribution in [0.15, 0.2) is 6.20 Å². The van der Waals surface area contributed by atoms with Gasteiger partial charge in [-0.15, -0.1) is 0 Å². The molecule has 90 valence electrons. The van der Waals surface area contributed by atoms with E-state index in [0.29, 0.717) is 0 Å². The zero-order chi connectivity index (χ0) is 12.3. The van der Waals surface area contributed by atoms with E-state index in [0.717, 1.165) is 17.8 Å². The van der Waals surface area contributed by atoms with Gasteiger partial charge in [0, 0.05) is 13.2 Å². The summed E-state index contributed by atoms with van der Waals surface area (Å²) in [6.07, 6.45) is 2.60. The highest BCUT2D eigenvalue weighted by molar-refractivity contribution is 5.77. The van der Waals surface area contributed by atoms with Gasteiger partial charge in [-0.2, -0.15) is 5.10 Å².